The molecule has 2 unspecified atom stereocenters. The Kier molecular flexibility index (Phi) is 68.8. The van der Waals surface area contributed by atoms with Gasteiger partial charge in [-0.05, 0) is 44.9 Å². The summed E-state index contributed by atoms with van der Waals surface area (Å²) in [5, 5.41) is 11.8. The van der Waals surface area contributed by atoms with Crippen LogP contribution in [0.5, 0.6) is 0 Å². The lowest BCUT2D eigenvalue weighted by molar-refractivity contribution is -0.870. The van der Waals surface area contributed by atoms with Crippen LogP contribution < -0.4 is 5.11 Å². The summed E-state index contributed by atoms with van der Waals surface area (Å²) in [6.45, 7) is 4.82. The number of hydrogen-bond donors (Lipinski definition) is 0. The van der Waals surface area contributed by atoms with Crippen LogP contribution in [-0.2, 0) is 33.3 Å². The van der Waals surface area contributed by atoms with E-state index in [1.54, 1.807) is 0 Å². The number of ether oxygens (including phenoxy) is 4. The van der Waals surface area contributed by atoms with Gasteiger partial charge in [0.15, 0.2) is 12.4 Å². The molecule has 9 heteroatoms. The highest BCUT2D eigenvalue weighted by Gasteiger charge is 2.22. The Morgan fingerprint density at radius 2 is 0.614 bits per heavy atom. The SMILES string of the molecule is CCCCCCC/C=C\C/C=C\CCCCCCCCCCCCCCCC(=O)OC(COC(=O)CCCCCCCCCCCCCCCCCCCCCCCCCCCCCCCCCCCCCCCC)COC(OCC[N+](C)(C)C)C(=O)[O-]. The fourth-order valence-corrected chi connectivity index (χ4v) is 12.0. The molecule has 0 aromatic heterocycles. The number of carbonyl (C=O) groups is 3. The summed E-state index contributed by atoms with van der Waals surface area (Å²) in [4.78, 5) is 37.5. The molecule has 88 heavy (non-hydrogen) atoms. The molecule has 0 aliphatic carbocycles. The Labute approximate surface area is 548 Å². The van der Waals surface area contributed by atoms with E-state index in [0.29, 0.717) is 23.9 Å². The molecule has 9 nitrogen and oxygen atoms in total. The van der Waals surface area contributed by atoms with E-state index in [2.05, 4.69) is 38.2 Å². The number of carbonyl (C=O) groups excluding carboxylic acids is 3. The minimum Gasteiger partial charge on any atom is -0.545 e. The molecule has 2 atom stereocenters. The number of carboxylic acid groups (broad SMARTS) is 1. The zero-order valence-corrected chi connectivity index (χ0v) is 59.6. The van der Waals surface area contributed by atoms with Crippen molar-refractivity contribution < 1.29 is 42.9 Å². The topological polar surface area (TPSA) is 111 Å². The van der Waals surface area contributed by atoms with E-state index >= 15 is 0 Å². The Balaban J connectivity index is 3.94. The summed E-state index contributed by atoms with van der Waals surface area (Å²) in [7, 11) is 5.95. The minimum atomic E-state index is -1.62. The van der Waals surface area contributed by atoms with Crippen molar-refractivity contribution in [1.29, 1.82) is 0 Å². The van der Waals surface area contributed by atoms with Crippen LogP contribution in [0, 0.1) is 0 Å². The van der Waals surface area contributed by atoms with E-state index in [-0.39, 0.29) is 32.2 Å². The highest BCUT2D eigenvalue weighted by Crippen LogP contribution is 2.20. The van der Waals surface area contributed by atoms with E-state index in [0.717, 1.165) is 38.5 Å². The van der Waals surface area contributed by atoms with E-state index < -0.39 is 24.3 Å². The normalized spacial score (nSPS) is 12.7. The number of esters is 2. The smallest absolute Gasteiger partial charge is 0.306 e. The van der Waals surface area contributed by atoms with E-state index in [9.17, 15) is 19.5 Å². The number of rotatable bonds is 74. The first kappa shape index (κ1) is 85.8. The third kappa shape index (κ3) is 71.2. The summed E-state index contributed by atoms with van der Waals surface area (Å²) >= 11 is 0. The highest BCUT2D eigenvalue weighted by atomic mass is 16.7. The number of aliphatic carboxylic acids is 1. The van der Waals surface area contributed by atoms with Crippen LogP contribution in [0.3, 0.4) is 0 Å². The van der Waals surface area contributed by atoms with Crippen molar-refractivity contribution >= 4 is 17.9 Å². The first-order chi connectivity index (χ1) is 43.1. The number of carboxylic acids is 1. The molecule has 0 aromatic carbocycles. The third-order valence-electron chi connectivity index (χ3n) is 18.0. The van der Waals surface area contributed by atoms with Crippen LogP contribution in [-0.4, -0.2) is 82.3 Å². The molecule has 0 aromatic rings. The van der Waals surface area contributed by atoms with Crippen molar-refractivity contribution in [1.82, 2.24) is 0 Å². The first-order valence-electron chi connectivity index (χ1n) is 39.0. The second kappa shape index (κ2) is 70.6. The highest BCUT2D eigenvalue weighted by molar-refractivity contribution is 5.70. The lowest BCUT2D eigenvalue weighted by atomic mass is 10.0. The second-order valence-electron chi connectivity index (χ2n) is 28.0. The molecule has 0 saturated heterocycles. The monoisotopic (exact) mass is 1240 g/mol. The van der Waals surface area contributed by atoms with Crippen molar-refractivity contribution in [3.05, 3.63) is 24.3 Å². The molecule has 0 aliphatic heterocycles. The van der Waals surface area contributed by atoms with Gasteiger partial charge >= 0.3 is 11.9 Å². The molecule has 0 bridgehead atoms. The summed E-state index contributed by atoms with van der Waals surface area (Å²) < 4.78 is 22.9. The van der Waals surface area contributed by atoms with Crippen LogP contribution >= 0.6 is 0 Å². The van der Waals surface area contributed by atoms with E-state index in [1.165, 1.54) is 334 Å². The van der Waals surface area contributed by atoms with Crippen LogP contribution in [0.1, 0.15) is 406 Å². The van der Waals surface area contributed by atoms with E-state index in [4.69, 9.17) is 18.9 Å². The van der Waals surface area contributed by atoms with Gasteiger partial charge in [0.05, 0.1) is 40.3 Å². The van der Waals surface area contributed by atoms with Crippen LogP contribution in [0.25, 0.3) is 0 Å². The summed E-state index contributed by atoms with van der Waals surface area (Å²) in [6, 6.07) is 0. The van der Waals surface area contributed by atoms with Gasteiger partial charge in [-0.2, -0.15) is 0 Å². The molecule has 0 rings (SSSR count). The van der Waals surface area contributed by atoms with Crippen molar-refractivity contribution in [2.75, 3.05) is 47.5 Å². The van der Waals surface area contributed by atoms with Crippen LogP contribution in [0.2, 0.25) is 0 Å². The van der Waals surface area contributed by atoms with Crippen molar-refractivity contribution in [2.45, 2.75) is 418 Å². The molecule has 0 fully saturated rings. The van der Waals surface area contributed by atoms with Gasteiger partial charge in [-0.15, -0.1) is 0 Å². The van der Waals surface area contributed by atoms with Gasteiger partial charge < -0.3 is 33.3 Å². The minimum absolute atomic E-state index is 0.151. The standard InChI is InChI=1S/C79H151NO8/c1-6-8-10-12-14-16-18-20-22-24-26-28-30-32-33-34-35-36-37-38-39-40-41-42-43-44-46-47-49-51-53-55-57-59-61-63-65-67-69-76(81)86-73-75(74-87-79(78(83)84)85-72-71-80(3,4)5)88-77(82)70-68-66-64-62-60-58-56-54-52-50-48-45-31-29-27-25-23-21-19-17-15-13-11-9-7-2/h19,21,25,27,75,79H,6-18,20,22-24,26,28-74H2,1-5H3/b21-19-,27-25-. The van der Waals surface area contributed by atoms with Crippen molar-refractivity contribution in [3.8, 4) is 0 Å². The predicted molar refractivity (Wildman–Crippen MR) is 376 cm³/mol. The molecule has 0 aliphatic rings. The quantitative estimate of drug-likeness (QED) is 0.0195. The average Bonchev–Trinajstić information content (AvgIpc) is 3.62. The largest absolute Gasteiger partial charge is 0.545 e. The Bertz CT molecular complexity index is 1490. The maximum Gasteiger partial charge on any atom is 0.306 e. The van der Waals surface area contributed by atoms with Gasteiger partial charge in [-0.25, -0.2) is 0 Å². The number of hydrogen-bond acceptors (Lipinski definition) is 8. The maximum atomic E-state index is 12.9. The zero-order chi connectivity index (χ0) is 64.0. The predicted octanol–water partition coefficient (Wildman–Crippen LogP) is 23.2. The molecule has 0 amide bonds. The zero-order valence-electron chi connectivity index (χ0n) is 59.6. The molecule has 0 N–H and O–H groups in total. The van der Waals surface area contributed by atoms with Crippen LogP contribution in [0.15, 0.2) is 24.3 Å². The number of likely N-dealkylation sites (N-methyl/N-ethyl adjacent to an activating group) is 1. The molecule has 0 heterocycles. The molecule has 0 spiro atoms. The maximum absolute atomic E-state index is 12.9. The number of allylic oxidation sites excluding steroid dienone is 4. The molecule has 520 valence electrons. The first-order valence-corrected chi connectivity index (χ1v) is 39.0. The van der Waals surface area contributed by atoms with Crippen molar-refractivity contribution in [2.24, 2.45) is 0 Å². The van der Waals surface area contributed by atoms with Gasteiger partial charge in [0, 0.05) is 12.8 Å². The van der Waals surface area contributed by atoms with Gasteiger partial charge in [-0.3, -0.25) is 9.59 Å². The summed E-state index contributed by atoms with van der Waals surface area (Å²) in [5.74, 6) is -2.25. The van der Waals surface area contributed by atoms with Gasteiger partial charge in [-0.1, -0.05) is 372 Å². The lowest BCUT2D eigenvalue weighted by Gasteiger charge is -2.26. The summed E-state index contributed by atoms with van der Waals surface area (Å²) in [5.41, 5.74) is 0. The van der Waals surface area contributed by atoms with Crippen molar-refractivity contribution in [3.63, 3.8) is 0 Å². The fraction of sp³-hybridized carbons (Fsp3) is 0.911. The van der Waals surface area contributed by atoms with Gasteiger partial charge in [0.2, 0.25) is 0 Å². The second-order valence-corrected chi connectivity index (χ2v) is 28.0. The number of quaternary nitrogens is 1. The summed E-state index contributed by atoms with van der Waals surface area (Å²) in [6.07, 6.45) is 85.9. The molecular formula is C79H151NO8. The fourth-order valence-electron chi connectivity index (χ4n) is 12.0. The molecule has 0 saturated carbocycles. The Morgan fingerprint density at radius 3 is 0.898 bits per heavy atom. The Morgan fingerprint density at radius 1 is 0.341 bits per heavy atom. The Hall–Kier alpha value is -2.23. The van der Waals surface area contributed by atoms with Crippen LogP contribution in [0.4, 0.5) is 0 Å². The van der Waals surface area contributed by atoms with Gasteiger partial charge in [0.25, 0.3) is 0 Å². The average molecular weight is 1240 g/mol. The van der Waals surface area contributed by atoms with Gasteiger partial charge in [0.1, 0.15) is 13.2 Å². The molecular weight excluding hydrogens is 1090 g/mol. The third-order valence-corrected chi connectivity index (χ3v) is 18.0. The number of nitrogens with zero attached hydrogens (tertiary/aromatic N) is 1. The van der Waals surface area contributed by atoms with E-state index in [1.807, 2.05) is 21.1 Å². The molecule has 0 radical (unpaired) electrons. The lowest BCUT2D eigenvalue weighted by Crippen LogP contribution is -2.44. The number of unbranched alkanes of at least 4 members (excludes halogenated alkanes) is 55.